The molecule has 0 nitrogen and oxygen atoms in total. The van der Waals surface area contributed by atoms with E-state index in [1.165, 1.54) is 85.4 Å². The van der Waals surface area contributed by atoms with E-state index in [2.05, 4.69) is 190 Å². The summed E-state index contributed by atoms with van der Waals surface area (Å²) in [7, 11) is 0. The molecule has 4 aromatic carbocycles. The van der Waals surface area contributed by atoms with Crippen molar-refractivity contribution in [1.82, 2.24) is 0 Å². The number of hydrogen-bond donors (Lipinski definition) is 0. The molecule has 0 fully saturated rings. The molecule has 2 aliphatic carbocycles. The normalized spacial score (nSPS) is 14.2. The van der Waals surface area contributed by atoms with Gasteiger partial charge in [-0.15, -0.1) is 41.5 Å². The van der Waals surface area contributed by atoms with E-state index in [1.54, 1.807) is 0 Å². The van der Waals surface area contributed by atoms with Crippen molar-refractivity contribution in [1.29, 1.82) is 0 Å². The molecule has 59 heavy (non-hydrogen) atoms. The Balaban J connectivity index is 0.000000914. The molecule has 1 unspecified atom stereocenters. The zero-order valence-corrected chi connectivity index (χ0v) is 44.5. The summed E-state index contributed by atoms with van der Waals surface area (Å²) in [4.78, 5) is 0. The second-order valence-corrected chi connectivity index (χ2v) is 21.3. The molecular formula is C56H78Cl2Zr-4. The maximum atomic E-state index is 3.90. The van der Waals surface area contributed by atoms with Gasteiger partial charge in [0.15, 0.2) is 0 Å². The van der Waals surface area contributed by atoms with Crippen LogP contribution in [0.4, 0.5) is 0 Å². The van der Waals surface area contributed by atoms with Gasteiger partial charge in [-0.2, -0.15) is 101 Å². The molecule has 0 amide bonds. The van der Waals surface area contributed by atoms with Gasteiger partial charge < -0.3 is 0 Å². The van der Waals surface area contributed by atoms with Crippen LogP contribution in [0.1, 0.15) is 162 Å². The van der Waals surface area contributed by atoms with Crippen molar-refractivity contribution in [2.75, 3.05) is 0 Å². The molecule has 0 spiro atoms. The van der Waals surface area contributed by atoms with Crippen LogP contribution >= 0.6 is 24.8 Å². The fourth-order valence-electron chi connectivity index (χ4n) is 6.89. The van der Waals surface area contributed by atoms with Crippen LogP contribution in [0.25, 0.3) is 11.1 Å². The first-order valence-electron chi connectivity index (χ1n) is 20.9. The van der Waals surface area contributed by atoms with Gasteiger partial charge in [-0.05, 0) is 39.4 Å². The van der Waals surface area contributed by atoms with Gasteiger partial charge in [-0.25, -0.2) is 6.08 Å². The van der Waals surface area contributed by atoms with Crippen LogP contribution in [0, 0.1) is 55.4 Å². The van der Waals surface area contributed by atoms with Crippen molar-refractivity contribution >= 4 is 29.0 Å². The fourth-order valence-corrected chi connectivity index (χ4v) is 6.89. The maximum absolute atomic E-state index is 3.90. The number of allylic oxidation sites excluding steroid dienone is 4. The first kappa shape index (κ1) is 56.7. The fraction of sp³-hybridized carbons (Fsp3) is 0.482. The Labute approximate surface area is 391 Å². The molecule has 0 saturated heterocycles. The topological polar surface area (TPSA) is 0 Å². The Morgan fingerprint density at radius 3 is 1.29 bits per heavy atom. The van der Waals surface area contributed by atoms with Gasteiger partial charge in [-0.3, -0.25) is 6.08 Å². The predicted octanol–water partition coefficient (Wildman–Crippen LogP) is 16.3. The summed E-state index contributed by atoms with van der Waals surface area (Å²) in [5.41, 5.74) is 16.2. The van der Waals surface area contributed by atoms with Crippen molar-refractivity contribution in [3.8, 4) is 11.1 Å². The average molecular weight is 913 g/mol. The van der Waals surface area contributed by atoms with Gasteiger partial charge in [0.2, 0.25) is 0 Å². The van der Waals surface area contributed by atoms with Gasteiger partial charge in [0, 0.05) is 0 Å². The third-order valence-corrected chi connectivity index (χ3v) is 10.4. The minimum absolute atomic E-state index is 0. The van der Waals surface area contributed by atoms with E-state index in [1.807, 2.05) is 48.5 Å². The Morgan fingerprint density at radius 1 is 0.576 bits per heavy atom. The summed E-state index contributed by atoms with van der Waals surface area (Å²) in [6.07, 6.45) is 8.91. The minimum atomic E-state index is 0. The summed E-state index contributed by atoms with van der Waals surface area (Å²) in [5.74, 6) is 1.22. The van der Waals surface area contributed by atoms with E-state index < -0.39 is 0 Å². The Kier molecular flexibility index (Phi) is 22.3. The number of hydrogen-bond acceptors (Lipinski definition) is 0. The third kappa shape index (κ3) is 17.2. The van der Waals surface area contributed by atoms with E-state index in [0.717, 1.165) is 6.42 Å². The molecule has 1 atom stereocenters. The molecule has 0 radical (unpaired) electrons. The number of halogens is 2. The molecule has 0 heterocycles. The molecule has 0 bridgehead atoms. The van der Waals surface area contributed by atoms with Crippen LogP contribution in [-0.2, 0) is 52.3 Å². The summed E-state index contributed by atoms with van der Waals surface area (Å²) in [6.45, 7) is 43.4. The van der Waals surface area contributed by atoms with E-state index in [0.29, 0.717) is 11.8 Å². The number of benzene rings is 4. The molecule has 0 saturated carbocycles. The van der Waals surface area contributed by atoms with Gasteiger partial charge in [-0.1, -0.05) is 172 Å². The molecule has 0 aromatic heterocycles. The molecule has 2 aliphatic rings. The Bertz CT molecular complexity index is 1810. The van der Waals surface area contributed by atoms with Crippen LogP contribution in [0.3, 0.4) is 0 Å². The van der Waals surface area contributed by atoms with Crippen molar-refractivity contribution in [2.45, 2.75) is 160 Å². The Hall–Kier alpha value is -2.31. The van der Waals surface area contributed by atoms with Crippen LogP contribution in [0.15, 0.2) is 84.5 Å². The number of fused-ring (bicyclic) bond motifs is 3. The predicted molar refractivity (Wildman–Crippen MR) is 264 cm³/mol. The first-order valence-corrected chi connectivity index (χ1v) is 22.6. The van der Waals surface area contributed by atoms with Crippen LogP contribution in [0.2, 0.25) is 0 Å². The molecular weight excluding hydrogens is 835 g/mol. The van der Waals surface area contributed by atoms with Crippen molar-refractivity contribution in [3.05, 3.63) is 153 Å². The standard InChI is InChI=1S/C29H41.C12H19.2C7H7.CH2.2ClH.Zr/c1-26(2,3)22-14-18-13-19-15-23(27(4,5)6)25(29(10,11)12)17-21(19)20(18)16-24(22)28(7,8)9;1-9(2)10-6-7-11(8-10)12(3,4)5;2*1-7-5-3-2-4-6-7;;;;/h14,16-17H,13H2,1-12H3;7-10H,1-5H3;2*3-6H,1H3;1H2;2*1H;/q4*-1;;;;. The monoisotopic (exact) mass is 910 g/mol. The molecule has 0 aliphatic heterocycles. The second-order valence-electron chi connectivity index (χ2n) is 21.3. The summed E-state index contributed by atoms with van der Waals surface area (Å²) < 4.78 is 3.34. The van der Waals surface area contributed by atoms with E-state index in [9.17, 15) is 0 Å². The third-order valence-electron chi connectivity index (χ3n) is 10.4. The van der Waals surface area contributed by atoms with Gasteiger partial charge in [0.1, 0.15) is 0 Å². The first-order chi connectivity index (χ1) is 26.1. The average Bonchev–Trinajstić information content (AvgIpc) is 3.74. The van der Waals surface area contributed by atoms with Crippen molar-refractivity contribution in [2.24, 2.45) is 17.3 Å². The van der Waals surface area contributed by atoms with Crippen LogP contribution in [0.5, 0.6) is 0 Å². The molecule has 3 heteroatoms. The Morgan fingerprint density at radius 2 is 0.983 bits per heavy atom. The van der Waals surface area contributed by atoms with Gasteiger partial charge in [0.05, 0.1) is 0 Å². The van der Waals surface area contributed by atoms with Crippen molar-refractivity contribution < 1.29 is 24.2 Å². The van der Waals surface area contributed by atoms with Crippen LogP contribution < -0.4 is 0 Å². The second kappa shape index (κ2) is 23.2. The summed E-state index contributed by atoms with van der Waals surface area (Å²) in [5, 5.41) is 0. The van der Waals surface area contributed by atoms with E-state index in [4.69, 9.17) is 0 Å². The van der Waals surface area contributed by atoms with E-state index >= 15 is 0 Å². The van der Waals surface area contributed by atoms with Crippen molar-refractivity contribution in [3.63, 3.8) is 0 Å². The summed E-state index contributed by atoms with van der Waals surface area (Å²) >= 11 is 1.30. The number of rotatable bonds is 1. The zero-order chi connectivity index (χ0) is 43.7. The number of aryl methyl sites for hydroxylation is 2. The van der Waals surface area contributed by atoms with Gasteiger partial charge >= 0.3 is 28.4 Å². The SMILES string of the molecule is CC(C)(C)c1[c-]c2c(cc1C(C)(C)C)-c1cc(C(C)(C)C)c(C(C)(C)C)cc1C2.CC(C)C1[C-]=CC(C(C)(C)C)=C1.Cc1cc[c-]cc1.Cc1cc[c-]cc1.Cl.Cl.[CH2]=[Zr]. The molecule has 324 valence electrons. The zero-order valence-electron chi connectivity index (χ0n) is 40.4. The van der Waals surface area contributed by atoms with E-state index in [-0.39, 0.29) is 51.9 Å². The van der Waals surface area contributed by atoms with Crippen LogP contribution in [-0.4, -0.2) is 4.21 Å². The molecule has 4 aromatic rings. The molecule has 0 N–H and O–H groups in total. The molecule has 6 rings (SSSR count). The summed E-state index contributed by atoms with van der Waals surface area (Å²) in [6, 6.07) is 33.0. The quantitative estimate of drug-likeness (QED) is 0.147. The van der Waals surface area contributed by atoms with Gasteiger partial charge in [0.25, 0.3) is 0 Å².